The van der Waals surface area contributed by atoms with Gasteiger partial charge in [0.15, 0.2) is 0 Å². The van der Waals surface area contributed by atoms with Crippen LogP contribution in [0.4, 0.5) is 0 Å². The highest BCUT2D eigenvalue weighted by Crippen LogP contribution is 2.19. The van der Waals surface area contributed by atoms with E-state index in [2.05, 4.69) is 25.6 Å². The number of nitrogens with two attached hydrogens (primary N) is 1. The van der Waals surface area contributed by atoms with Crippen LogP contribution < -0.4 is 5.73 Å². The number of carboxylic acid groups (broad SMARTS) is 1. The molecular weight excluding hydrogens is 214 g/mol. The van der Waals surface area contributed by atoms with Crippen molar-refractivity contribution in [2.24, 2.45) is 5.73 Å². The Morgan fingerprint density at radius 1 is 1.35 bits per heavy atom. The van der Waals surface area contributed by atoms with Gasteiger partial charge in [-0.15, -0.1) is 0 Å². The lowest BCUT2D eigenvalue weighted by Gasteiger charge is -2.21. The molecule has 0 atom stereocenters. The molecule has 0 aromatic heterocycles. The Morgan fingerprint density at radius 3 is 2.00 bits per heavy atom. The minimum atomic E-state index is -0.935. The lowest BCUT2D eigenvalue weighted by atomic mass is 9.92. The van der Waals surface area contributed by atoms with Crippen LogP contribution in [0.5, 0.6) is 0 Å². The fraction of sp³-hybridized carbons (Fsp3) is 0.357. The summed E-state index contributed by atoms with van der Waals surface area (Å²) in [6, 6.07) is 8.22. The average molecular weight is 235 g/mol. The van der Waals surface area contributed by atoms with Gasteiger partial charge in [0.05, 0.1) is 0 Å². The first-order valence-electron chi connectivity index (χ1n) is 5.40. The van der Waals surface area contributed by atoms with Gasteiger partial charge >= 0.3 is 5.97 Å². The molecule has 0 amide bonds. The highest BCUT2D eigenvalue weighted by atomic mass is 16.4. The predicted molar refractivity (Wildman–Crippen MR) is 70.8 cm³/mol. The van der Waals surface area contributed by atoms with Crippen LogP contribution in [0.1, 0.15) is 31.9 Å². The molecule has 0 radical (unpaired) electrons. The van der Waals surface area contributed by atoms with E-state index in [0.29, 0.717) is 0 Å². The standard InChI is InChI=1S/C10H15N.C4H6O2/c1-8-6-4-5-7-9(8)10(2,3)11;1-3(2)4(5)6/h4-7H,11H2,1-3H3;1H2,2H3,(H,5,6). The maximum Gasteiger partial charge on any atom is 0.330 e. The molecule has 1 aromatic rings. The Kier molecular flexibility index (Phi) is 5.62. The second-order valence-corrected chi connectivity index (χ2v) is 4.62. The summed E-state index contributed by atoms with van der Waals surface area (Å²) < 4.78 is 0. The minimum Gasteiger partial charge on any atom is -0.478 e. The van der Waals surface area contributed by atoms with Gasteiger partial charge in [0.2, 0.25) is 0 Å². The van der Waals surface area contributed by atoms with Gasteiger partial charge in [0.1, 0.15) is 0 Å². The van der Waals surface area contributed by atoms with Crippen molar-refractivity contribution in [1.29, 1.82) is 0 Å². The normalized spacial score (nSPS) is 10.2. The number of carbonyl (C=O) groups is 1. The molecule has 3 nitrogen and oxygen atoms in total. The monoisotopic (exact) mass is 235 g/mol. The summed E-state index contributed by atoms with van der Waals surface area (Å²) in [5, 5.41) is 7.89. The van der Waals surface area contributed by atoms with E-state index in [1.165, 1.54) is 18.1 Å². The molecule has 3 heteroatoms. The lowest BCUT2D eigenvalue weighted by molar-refractivity contribution is -0.132. The van der Waals surface area contributed by atoms with Crippen LogP contribution in [0.25, 0.3) is 0 Å². The molecule has 0 aliphatic heterocycles. The van der Waals surface area contributed by atoms with Crippen molar-refractivity contribution in [3.8, 4) is 0 Å². The van der Waals surface area contributed by atoms with Gasteiger partial charge in [-0.05, 0) is 38.8 Å². The molecule has 0 unspecified atom stereocenters. The third kappa shape index (κ3) is 5.88. The highest BCUT2D eigenvalue weighted by Gasteiger charge is 2.14. The second kappa shape index (κ2) is 6.21. The van der Waals surface area contributed by atoms with Crippen LogP contribution in [-0.4, -0.2) is 11.1 Å². The van der Waals surface area contributed by atoms with Crippen LogP contribution in [0.2, 0.25) is 0 Å². The summed E-state index contributed by atoms with van der Waals surface area (Å²) in [6.45, 7) is 10.7. The molecule has 1 rings (SSSR count). The van der Waals surface area contributed by atoms with Gasteiger partial charge in [0.25, 0.3) is 0 Å². The van der Waals surface area contributed by atoms with E-state index in [4.69, 9.17) is 10.8 Å². The predicted octanol–water partition coefficient (Wildman–Crippen LogP) is 2.84. The molecule has 0 saturated carbocycles. The van der Waals surface area contributed by atoms with Crippen LogP contribution in [-0.2, 0) is 10.3 Å². The van der Waals surface area contributed by atoms with Crippen LogP contribution >= 0.6 is 0 Å². The maximum absolute atomic E-state index is 9.60. The molecule has 0 aliphatic rings. The average Bonchev–Trinajstić information content (AvgIpc) is 2.17. The summed E-state index contributed by atoms with van der Waals surface area (Å²) in [4.78, 5) is 9.60. The zero-order valence-electron chi connectivity index (χ0n) is 10.9. The summed E-state index contributed by atoms with van der Waals surface area (Å²) in [5.74, 6) is -0.935. The number of rotatable bonds is 2. The largest absolute Gasteiger partial charge is 0.478 e. The zero-order chi connectivity index (χ0) is 13.6. The fourth-order valence-corrected chi connectivity index (χ4v) is 1.30. The molecule has 0 spiro atoms. The van der Waals surface area contributed by atoms with Gasteiger partial charge < -0.3 is 10.8 Å². The molecule has 0 aliphatic carbocycles. The van der Waals surface area contributed by atoms with Crippen LogP contribution in [0, 0.1) is 6.92 Å². The number of aryl methyl sites for hydroxylation is 1. The third-order valence-electron chi connectivity index (χ3n) is 2.20. The first kappa shape index (κ1) is 15.4. The van der Waals surface area contributed by atoms with E-state index >= 15 is 0 Å². The maximum atomic E-state index is 9.60. The molecule has 0 heterocycles. The molecule has 94 valence electrons. The number of hydrogen-bond donors (Lipinski definition) is 2. The van der Waals surface area contributed by atoms with Gasteiger partial charge in [-0.3, -0.25) is 0 Å². The summed E-state index contributed by atoms with van der Waals surface area (Å²) in [6.07, 6.45) is 0. The quantitative estimate of drug-likeness (QED) is 0.775. The molecular formula is C14H21NO2. The Labute approximate surface area is 103 Å². The lowest BCUT2D eigenvalue weighted by Crippen LogP contribution is -2.29. The van der Waals surface area contributed by atoms with Crippen molar-refractivity contribution in [2.75, 3.05) is 0 Å². The Bertz CT molecular complexity index is 391. The molecule has 0 bridgehead atoms. The van der Waals surface area contributed by atoms with E-state index < -0.39 is 5.97 Å². The van der Waals surface area contributed by atoms with Gasteiger partial charge in [0, 0.05) is 11.1 Å². The van der Waals surface area contributed by atoms with Crippen molar-refractivity contribution >= 4 is 5.97 Å². The molecule has 17 heavy (non-hydrogen) atoms. The minimum absolute atomic E-state index is 0.176. The Balaban J connectivity index is 0.000000366. The van der Waals surface area contributed by atoms with Crippen molar-refractivity contribution in [3.05, 3.63) is 47.5 Å². The zero-order valence-corrected chi connectivity index (χ0v) is 10.9. The Hall–Kier alpha value is -1.61. The number of carboxylic acids is 1. The number of benzene rings is 1. The highest BCUT2D eigenvalue weighted by molar-refractivity contribution is 5.84. The van der Waals surface area contributed by atoms with Crippen molar-refractivity contribution in [2.45, 2.75) is 33.2 Å². The second-order valence-electron chi connectivity index (χ2n) is 4.62. The smallest absolute Gasteiger partial charge is 0.330 e. The first-order valence-corrected chi connectivity index (χ1v) is 5.40. The van der Waals surface area contributed by atoms with Crippen LogP contribution in [0.3, 0.4) is 0 Å². The van der Waals surface area contributed by atoms with E-state index in [0.717, 1.165) is 0 Å². The summed E-state index contributed by atoms with van der Waals surface area (Å²) in [5.41, 5.74) is 8.40. The number of hydrogen-bond acceptors (Lipinski definition) is 2. The van der Waals surface area contributed by atoms with Gasteiger partial charge in [-0.2, -0.15) is 0 Å². The molecule has 0 fully saturated rings. The van der Waals surface area contributed by atoms with Gasteiger partial charge in [-0.25, -0.2) is 4.79 Å². The fourth-order valence-electron chi connectivity index (χ4n) is 1.30. The van der Waals surface area contributed by atoms with Crippen molar-refractivity contribution in [1.82, 2.24) is 0 Å². The topological polar surface area (TPSA) is 63.3 Å². The van der Waals surface area contributed by atoms with Gasteiger partial charge in [-0.1, -0.05) is 30.8 Å². The van der Waals surface area contributed by atoms with Crippen molar-refractivity contribution < 1.29 is 9.90 Å². The summed E-state index contributed by atoms with van der Waals surface area (Å²) in [7, 11) is 0. The van der Waals surface area contributed by atoms with E-state index in [-0.39, 0.29) is 11.1 Å². The molecule has 0 saturated heterocycles. The summed E-state index contributed by atoms with van der Waals surface area (Å²) >= 11 is 0. The van der Waals surface area contributed by atoms with Crippen molar-refractivity contribution in [3.63, 3.8) is 0 Å². The van der Waals surface area contributed by atoms with E-state index in [9.17, 15) is 4.79 Å². The molecule has 3 N–H and O–H groups in total. The third-order valence-corrected chi connectivity index (χ3v) is 2.20. The first-order chi connectivity index (χ1) is 7.66. The van der Waals surface area contributed by atoms with E-state index in [1.54, 1.807) is 0 Å². The SMILES string of the molecule is C=C(C)C(=O)O.Cc1ccccc1C(C)(C)N. The number of aliphatic carboxylic acids is 1. The molecule has 1 aromatic carbocycles. The van der Waals surface area contributed by atoms with Crippen LogP contribution in [0.15, 0.2) is 36.4 Å². The Morgan fingerprint density at radius 2 is 1.76 bits per heavy atom. The van der Waals surface area contributed by atoms with E-state index in [1.807, 2.05) is 26.0 Å².